The van der Waals surface area contributed by atoms with Crippen LogP contribution in [0.4, 0.5) is 0 Å². The Balaban J connectivity index is 3.10. The summed E-state index contributed by atoms with van der Waals surface area (Å²) in [6.07, 6.45) is 32.7. The average Bonchev–Trinajstić information content (AvgIpc) is 2.75. The number of unbranched alkanes of at least 4 members (excludes halogenated alkanes) is 21. The molecule has 0 bridgehead atoms. The summed E-state index contributed by atoms with van der Waals surface area (Å²) in [4.78, 5) is 10.4. The van der Waals surface area contributed by atoms with Crippen molar-refractivity contribution in [2.45, 2.75) is 161 Å². The van der Waals surface area contributed by atoms with Gasteiger partial charge in [-0.15, -0.1) is 0 Å². The first kappa shape index (κ1) is 30.2. The first-order chi connectivity index (χ1) is 15.2. The van der Waals surface area contributed by atoms with Crippen LogP contribution < -0.4 is 0 Å². The Labute approximate surface area is 194 Å². The zero-order valence-electron chi connectivity index (χ0n) is 20.8. The number of carbonyl (C=O) groups is 1. The van der Waals surface area contributed by atoms with Crippen molar-refractivity contribution < 1.29 is 15.0 Å². The highest BCUT2D eigenvalue weighted by Crippen LogP contribution is 2.15. The SMILES string of the molecule is CCCCCCCCCCCCCCCCCCCCCCCCC(O)C=CC(=O)O. The molecular formula is C28H54O3. The molecule has 0 aromatic carbocycles. The van der Waals surface area contributed by atoms with Crippen LogP contribution in [0, 0.1) is 0 Å². The molecule has 0 amide bonds. The lowest BCUT2D eigenvalue weighted by Gasteiger charge is -2.05. The fraction of sp³-hybridized carbons (Fsp3) is 0.893. The monoisotopic (exact) mass is 438 g/mol. The molecule has 3 nitrogen and oxygen atoms in total. The molecule has 0 saturated heterocycles. The third-order valence-corrected chi connectivity index (χ3v) is 6.31. The van der Waals surface area contributed by atoms with Gasteiger partial charge in [-0.25, -0.2) is 4.79 Å². The molecule has 0 aromatic rings. The number of aliphatic hydroxyl groups excluding tert-OH is 1. The van der Waals surface area contributed by atoms with Gasteiger partial charge in [0.25, 0.3) is 0 Å². The predicted octanol–water partition coefficient (Wildman–Crippen LogP) is 8.98. The van der Waals surface area contributed by atoms with E-state index in [4.69, 9.17) is 5.11 Å². The zero-order valence-corrected chi connectivity index (χ0v) is 20.8. The molecule has 2 N–H and O–H groups in total. The number of aliphatic hydroxyl groups is 1. The van der Waals surface area contributed by atoms with Crippen molar-refractivity contribution in [3.8, 4) is 0 Å². The van der Waals surface area contributed by atoms with Crippen molar-refractivity contribution in [2.75, 3.05) is 0 Å². The van der Waals surface area contributed by atoms with Gasteiger partial charge in [-0.2, -0.15) is 0 Å². The summed E-state index contributed by atoms with van der Waals surface area (Å²) in [6.45, 7) is 2.29. The number of hydrogen-bond donors (Lipinski definition) is 2. The standard InChI is InChI=1S/C28H54O3/c1-2-3-4-5-6-7-8-9-10-11-12-13-14-15-16-17-18-19-20-21-22-23-24-27(29)25-26-28(30)31/h25-27,29H,2-24H2,1H3,(H,30,31). The molecule has 0 aliphatic heterocycles. The summed E-state index contributed by atoms with van der Waals surface area (Å²) in [5.41, 5.74) is 0. The van der Waals surface area contributed by atoms with Crippen molar-refractivity contribution in [1.29, 1.82) is 0 Å². The van der Waals surface area contributed by atoms with E-state index in [0.29, 0.717) is 6.42 Å². The quantitative estimate of drug-likeness (QED) is 0.110. The lowest BCUT2D eigenvalue weighted by atomic mass is 10.0. The smallest absolute Gasteiger partial charge is 0.328 e. The normalized spacial score (nSPS) is 12.6. The van der Waals surface area contributed by atoms with Crippen LogP contribution in [0.1, 0.15) is 155 Å². The minimum Gasteiger partial charge on any atom is -0.478 e. The number of aliphatic carboxylic acids is 1. The van der Waals surface area contributed by atoms with Gasteiger partial charge in [0.15, 0.2) is 0 Å². The van der Waals surface area contributed by atoms with E-state index >= 15 is 0 Å². The molecule has 0 aliphatic carbocycles. The molecule has 184 valence electrons. The van der Waals surface area contributed by atoms with Crippen LogP contribution in [0.2, 0.25) is 0 Å². The predicted molar refractivity (Wildman–Crippen MR) is 135 cm³/mol. The van der Waals surface area contributed by atoms with Crippen LogP contribution in [0.25, 0.3) is 0 Å². The summed E-state index contributed by atoms with van der Waals surface area (Å²) in [5.74, 6) is -0.992. The van der Waals surface area contributed by atoms with E-state index < -0.39 is 12.1 Å². The molecule has 0 radical (unpaired) electrons. The molecule has 3 heteroatoms. The topological polar surface area (TPSA) is 57.5 Å². The van der Waals surface area contributed by atoms with Crippen molar-refractivity contribution in [3.05, 3.63) is 12.2 Å². The van der Waals surface area contributed by atoms with Gasteiger partial charge in [-0.3, -0.25) is 0 Å². The zero-order chi connectivity index (χ0) is 22.8. The fourth-order valence-corrected chi connectivity index (χ4v) is 4.25. The third-order valence-electron chi connectivity index (χ3n) is 6.31. The summed E-state index contributed by atoms with van der Waals surface area (Å²) < 4.78 is 0. The Morgan fingerprint density at radius 1 is 0.581 bits per heavy atom. The molecule has 31 heavy (non-hydrogen) atoms. The van der Waals surface area contributed by atoms with Gasteiger partial charge in [0.1, 0.15) is 0 Å². The van der Waals surface area contributed by atoms with E-state index in [1.54, 1.807) is 0 Å². The number of carboxylic acid groups (broad SMARTS) is 1. The second kappa shape index (κ2) is 25.4. The molecule has 0 saturated carbocycles. The van der Waals surface area contributed by atoms with Gasteiger partial charge >= 0.3 is 5.97 Å². The first-order valence-corrected chi connectivity index (χ1v) is 13.8. The highest BCUT2D eigenvalue weighted by Gasteiger charge is 2.00. The van der Waals surface area contributed by atoms with E-state index in [1.807, 2.05) is 0 Å². The van der Waals surface area contributed by atoms with Gasteiger partial charge in [-0.1, -0.05) is 148 Å². The maximum absolute atomic E-state index is 10.4. The Bertz CT molecular complexity index is 392. The Hall–Kier alpha value is -0.830. The minimum absolute atomic E-state index is 0.610. The minimum atomic E-state index is -0.992. The first-order valence-electron chi connectivity index (χ1n) is 13.8. The number of rotatable bonds is 25. The highest BCUT2D eigenvalue weighted by molar-refractivity contribution is 5.79. The molecule has 1 atom stereocenters. The number of hydrogen-bond acceptors (Lipinski definition) is 2. The Morgan fingerprint density at radius 3 is 1.16 bits per heavy atom. The van der Waals surface area contributed by atoms with Crippen LogP contribution in [-0.4, -0.2) is 22.3 Å². The van der Waals surface area contributed by atoms with Gasteiger partial charge in [0.2, 0.25) is 0 Å². The van der Waals surface area contributed by atoms with Crippen LogP contribution >= 0.6 is 0 Å². The molecule has 0 fully saturated rings. The lowest BCUT2D eigenvalue weighted by molar-refractivity contribution is -0.131. The average molecular weight is 439 g/mol. The molecule has 0 aromatic heterocycles. The van der Waals surface area contributed by atoms with Gasteiger partial charge in [-0.05, 0) is 12.5 Å². The summed E-state index contributed by atoms with van der Waals surface area (Å²) in [6, 6.07) is 0. The van der Waals surface area contributed by atoms with E-state index in [9.17, 15) is 9.90 Å². The van der Waals surface area contributed by atoms with Crippen LogP contribution in [0.15, 0.2) is 12.2 Å². The summed E-state index contributed by atoms with van der Waals surface area (Å²) in [7, 11) is 0. The van der Waals surface area contributed by atoms with Crippen molar-refractivity contribution in [2.24, 2.45) is 0 Å². The van der Waals surface area contributed by atoms with Crippen molar-refractivity contribution >= 4 is 5.97 Å². The van der Waals surface area contributed by atoms with Crippen LogP contribution in [0.3, 0.4) is 0 Å². The van der Waals surface area contributed by atoms with Crippen LogP contribution in [-0.2, 0) is 4.79 Å². The fourth-order valence-electron chi connectivity index (χ4n) is 4.25. The second-order valence-corrected chi connectivity index (χ2v) is 9.48. The summed E-state index contributed by atoms with van der Waals surface area (Å²) >= 11 is 0. The van der Waals surface area contributed by atoms with Gasteiger partial charge < -0.3 is 10.2 Å². The largest absolute Gasteiger partial charge is 0.478 e. The number of carboxylic acids is 1. The van der Waals surface area contributed by atoms with E-state index in [-0.39, 0.29) is 0 Å². The lowest BCUT2D eigenvalue weighted by Crippen LogP contribution is -2.03. The van der Waals surface area contributed by atoms with E-state index in [0.717, 1.165) is 18.9 Å². The molecule has 1 unspecified atom stereocenters. The van der Waals surface area contributed by atoms with Gasteiger partial charge in [0, 0.05) is 6.08 Å². The molecule has 0 rings (SSSR count). The third kappa shape index (κ3) is 27.1. The summed E-state index contributed by atoms with van der Waals surface area (Å²) in [5, 5.41) is 18.1. The molecule has 0 heterocycles. The molecule has 0 aliphatic rings. The van der Waals surface area contributed by atoms with Gasteiger partial charge in [0.05, 0.1) is 6.10 Å². The van der Waals surface area contributed by atoms with E-state index in [1.165, 1.54) is 134 Å². The van der Waals surface area contributed by atoms with Crippen LogP contribution in [0.5, 0.6) is 0 Å². The maximum Gasteiger partial charge on any atom is 0.328 e. The maximum atomic E-state index is 10.4. The molecule has 0 spiro atoms. The van der Waals surface area contributed by atoms with E-state index in [2.05, 4.69) is 6.92 Å². The Kier molecular flexibility index (Phi) is 24.7. The molecular weight excluding hydrogens is 384 g/mol. The van der Waals surface area contributed by atoms with Crippen molar-refractivity contribution in [1.82, 2.24) is 0 Å². The highest BCUT2D eigenvalue weighted by atomic mass is 16.4. The van der Waals surface area contributed by atoms with Crippen molar-refractivity contribution in [3.63, 3.8) is 0 Å². The second-order valence-electron chi connectivity index (χ2n) is 9.48. The Morgan fingerprint density at radius 2 is 0.871 bits per heavy atom.